The van der Waals surface area contributed by atoms with Crippen molar-refractivity contribution in [3.63, 3.8) is 0 Å². The highest BCUT2D eigenvalue weighted by molar-refractivity contribution is 5.93. The fourth-order valence-corrected chi connectivity index (χ4v) is 2.89. The summed E-state index contributed by atoms with van der Waals surface area (Å²) < 4.78 is 6.94. The van der Waals surface area contributed by atoms with E-state index in [4.69, 9.17) is 4.74 Å². The Hall–Kier alpha value is -2.91. The zero-order valence-corrected chi connectivity index (χ0v) is 14.4. The van der Waals surface area contributed by atoms with Crippen LogP contribution in [-0.2, 0) is 16.6 Å². The van der Waals surface area contributed by atoms with Crippen LogP contribution in [-0.4, -0.2) is 68.8 Å². The van der Waals surface area contributed by atoms with Crippen molar-refractivity contribution < 1.29 is 9.53 Å². The molecule has 1 amide bonds. The topological polar surface area (TPSA) is 98.1 Å². The predicted molar refractivity (Wildman–Crippen MR) is 95.4 cm³/mol. The average Bonchev–Trinajstić information content (AvgIpc) is 3.08. The molecule has 1 aromatic carbocycles. The number of morpholine rings is 1. The van der Waals surface area contributed by atoms with Crippen molar-refractivity contribution in [2.45, 2.75) is 0 Å². The van der Waals surface area contributed by atoms with E-state index in [0.717, 1.165) is 35.2 Å². The Balaban J connectivity index is 1.51. The Morgan fingerprint density at radius 2 is 2.04 bits per heavy atom. The molecule has 0 unspecified atom stereocenters. The van der Waals surface area contributed by atoms with Gasteiger partial charge in [0.2, 0.25) is 5.91 Å². The summed E-state index contributed by atoms with van der Waals surface area (Å²) in [5.41, 5.74) is 2.47. The lowest BCUT2D eigenvalue weighted by Gasteiger charge is -2.25. The summed E-state index contributed by atoms with van der Waals surface area (Å²) in [6.45, 7) is 3.17. The largest absolute Gasteiger partial charge is 0.379 e. The molecule has 1 fully saturated rings. The third-order valence-corrected chi connectivity index (χ3v) is 4.22. The number of aryl methyl sites for hydroxylation is 1. The van der Waals surface area contributed by atoms with Crippen molar-refractivity contribution in [1.29, 1.82) is 0 Å². The van der Waals surface area contributed by atoms with Crippen LogP contribution in [0.1, 0.15) is 0 Å². The second-order valence-electron chi connectivity index (χ2n) is 6.22. The molecule has 0 aliphatic carbocycles. The zero-order valence-electron chi connectivity index (χ0n) is 14.4. The minimum absolute atomic E-state index is 0.106. The van der Waals surface area contributed by atoms with Gasteiger partial charge in [0.1, 0.15) is 5.69 Å². The van der Waals surface area contributed by atoms with E-state index in [1.807, 2.05) is 37.5 Å². The Morgan fingerprint density at radius 3 is 2.81 bits per heavy atom. The second kappa shape index (κ2) is 7.14. The number of benzene rings is 1. The summed E-state index contributed by atoms with van der Waals surface area (Å²) in [6, 6.07) is 7.59. The highest BCUT2D eigenvalue weighted by Crippen LogP contribution is 2.22. The van der Waals surface area contributed by atoms with Crippen LogP contribution in [0.15, 0.2) is 30.5 Å². The number of carbonyl (C=O) groups is 1. The van der Waals surface area contributed by atoms with Gasteiger partial charge in [-0.3, -0.25) is 14.4 Å². The van der Waals surface area contributed by atoms with E-state index in [1.165, 1.54) is 0 Å². The number of nitrogens with one attached hydrogen (secondary N) is 1. The number of hydrogen-bond donors (Lipinski definition) is 1. The lowest BCUT2D eigenvalue weighted by atomic mass is 10.1. The molecule has 0 saturated carbocycles. The number of fused-ring (bicyclic) bond motifs is 1. The number of hydrogen-bond acceptors (Lipinski definition) is 7. The number of anilines is 1. The standard InChI is InChI=1S/C17H19N7O2/c1-23-10-15(20-22-23)12-2-3-14-13(8-12)9-16(21-19-14)18-17(25)11-24-4-6-26-7-5-24/h2-3,8-10H,4-7,11H2,1H3,(H,18,21,25). The van der Waals surface area contributed by atoms with Gasteiger partial charge in [-0.15, -0.1) is 15.3 Å². The van der Waals surface area contributed by atoms with E-state index in [1.54, 1.807) is 4.68 Å². The van der Waals surface area contributed by atoms with Crippen molar-refractivity contribution in [3.05, 3.63) is 30.5 Å². The predicted octanol–water partition coefficient (Wildman–Crippen LogP) is 0.696. The highest BCUT2D eigenvalue weighted by Gasteiger charge is 2.15. The SMILES string of the molecule is Cn1cc(-c2ccc3nnc(NC(=O)CN4CCOCC4)cc3c2)nn1. The molecule has 0 spiro atoms. The smallest absolute Gasteiger partial charge is 0.239 e. The van der Waals surface area contributed by atoms with Gasteiger partial charge in [-0.25, -0.2) is 0 Å². The molecule has 1 aliphatic rings. The maximum atomic E-state index is 12.2. The quantitative estimate of drug-likeness (QED) is 0.737. The Labute approximate surface area is 150 Å². The third-order valence-electron chi connectivity index (χ3n) is 4.22. The zero-order chi connectivity index (χ0) is 17.9. The molecule has 4 rings (SSSR count). The molecule has 3 heterocycles. The Morgan fingerprint density at radius 1 is 1.19 bits per heavy atom. The van der Waals surface area contributed by atoms with Gasteiger partial charge in [-0.1, -0.05) is 11.3 Å². The fraction of sp³-hybridized carbons (Fsp3) is 0.353. The molecule has 2 aromatic heterocycles. The molecule has 1 saturated heterocycles. The van der Waals surface area contributed by atoms with Gasteiger partial charge in [0.25, 0.3) is 0 Å². The molecule has 9 nitrogen and oxygen atoms in total. The molecule has 1 aliphatic heterocycles. The fourth-order valence-electron chi connectivity index (χ4n) is 2.89. The number of ether oxygens (including phenoxy) is 1. The van der Waals surface area contributed by atoms with Gasteiger partial charge in [0, 0.05) is 31.1 Å². The number of aromatic nitrogens is 5. The molecule has 0 radical (unpaired) electrons. The Bertz CT molecular complexity index is 934. The van der Waals surface area contributed by atoms with Gasteiger partial charge in [-0.2, -0.15) is 0 Å². The summed E-state index contributed by atoms with van der Waals surface area (Å²) in [6.07, 6.45) is 1.85. The first-order valence-corrected chi connectivity index (χ1v) is 8.41. The van der Waals surface area contributed by atoms with Crippen LogP contribution in [0.3, 0.4) is 0 Å². The van der Waals surface area contributed by atoms with Crippen molar-refractivity contribution >= 4 is 22.6 Å². The van der Waals surface area contributed by atoms with E-state index in [0.29, 0.717) is 25.6 Å². The van der Waals surface area contributed by atoms with Gasteiger partial charge in [-0.05, 0) is 18.2 Å². The lowest BCUT2D eigenvalue weighted by Crippen LogP contribution is -2.41. The third kappa shape index (κ3) is 3.68. The summed E-state index contributed by atoms with van der Waals surface area (Å²) in [5, 5.41) is 20.0. The van der Waals surface area contributed by atoms with Crippen LogP contribution >= 0.6 is 0 Å². The molecular formula is C17H19N7O2. The number of nitrogens with zero attached hydrogens (tertiary/aromatic N) is 6. The van der Waals surface area contributed by atoms with Crippen LogP contribution in [0.2, 0.25) is 0 Å². The van der Waals surface area contributed by atoms with Crippen molar-refractivity contribution in [2.24, 2.45) is 7.05 Å². The Kier molecular flexibility index (Phi) is 4.55. The van der Waals surface area contributed by atoms with Gasteiger partial charge < -0.3 is 10.1 Å². The minimum atomic E-state index is -0.106. The lowest BCUT2D eigenvalue weighted by molar-refractivity contribution is -0.118. The van der Waals surface area contributed by atoms with Gasteiger partial charge in [0.15, 0.2) is 5.82 Å². The number of carbonyl (C=O) groups excluding carboxylic acids is 1. The normalized spacial score (nSPS) is 15.3. The molecule has 26 heavy (non-hydrogen) atoms. The van der Waals surface area contributed by atoms with E-state index in [2.05, 4.69) is 30.7 Å². The summed E-state index contributed by atoms with van der Waals surface area (Å²) in [4.78, 5) is 14.3. The average molecular weight is 353 g/mol. The first-order chi connectivity index (χ1) is 12.7. The highest BCUT2D eigenvalue weighted by atomic mass is 16.5. The van der Waals surface area contributed by atoms with Crippen LogP contribution in [0, 0.1) is 0 Å². The van der Waals surface area contributed by atoms with Crippen molar-refractivity contribution in [1.82, 2.24) is 30.1 Å². The van der Waals surface area contributed by atoms with E-state index in [9.17, 15) is 4.79 Å². The first kappa shape index (κ1) is 16.6. The molecule has 0 bridgehead atoms. The molecule has 1 N–H and O–H groups in total. The maximum Gasteiger partial charge on any atom is 0.239 e. The summed E-state index contributed by atoms with van der Waals surface area (Å²) in [5.74, 6) is 0.331. The molecular weight excluding hydrogens is 334 g/mol. The van der Waals surface area contributed by atoms with E-state index >= 15 is 0 Å². The van der Waals surface area contributed by atoms with E-state index in [-0.39, 0.29) is 5.91 Å². The first-order valence-electron chi connectivity index (χ1n) is 8.41. The van der Waals surface area contributed by atoms with Gasteiger partial charge >= 0.3 is 0 Å². The molecule has 3 aromatic rings. The van der Waals surface area contributed by atoms with Crippen molar-refractivity contribution in [2.75, 3.05) is 38.2 Å². The molecule has 0 atom stereocenters. The van der Waals surface area contributed by atoms with Crippen LogP contribution in [0.25, 0.3) is 22.2 Å². The molecule has 134 valence electrons. The summed E-state index contributed by atoms with van der Waals surface area (Å²) >= 11 is 0. The maximum absolute atomic E-state index is 12.2. The summed E-state index contributed by atoms with van der Waals surface area (Å²) in [7, 11) is 1.82. The number of rotatable bonds is 4. The van der Waals surface area contributed by atoms with Crippen LogP contribution < -0.4 is 5.32 Å². The van der Waals surface area contributed by atoms with Crippen molar-refractivity contribution in [3.8, 4) is 11.3 Å². The monoisotopic (exact) mass is 353 g/mol. The number of amides is 1. The van der Waals surface area contributed by atoms with Crippen LogP contribution in [0.5, 0.6) is 0 Å². The van der Waals surface area contributed by atoms with Gasteiger partial charge in [0.05, 0.1) is 31.5 Å². The van der Waals surface area contributed by atoms with E-state index < -0.39 is 0 Å². The van der Waals surface area contributed by atoms with Crippen LogP contribution in [0.4, 0.5) is 5.82 Å². The minimum Gasteiger partial charge on any atom is -0.379 e. The molecule has 9 heteroatoms. The second-order valence-corrected chi connectivity index (χ2v) is 6.22.